The van der Waals surface area contributed by atoms with Crippen molar-refractivity contribution < 1.29 is 9.59 Å². The zero-order valence-electron chi connectivity index (χ0n) is 11.7. The Balaban J connectivity index is 1.65. The molecule has 0 radical (unpaired) electrons. The predicted octanol–water partition coefficient (Wildman–Crippen LogP) is 0.987. The number of amides is 2. The van der Waals surface area contributed by atoms with Crippen molar-refractivity contribution in [2.75, 3.05) is 25.0 Å². The van der Waals surface area contributed by atoms with E-state index in [2.05, 4.69) is 16.0 Å². The third-order valence-corrected chi connectivity index (χ3v) is 3.64. The molecule has 0 aromatic heterocycles. The first-order valence-corrected chi connectivity index (χ1v) is 7.00. The van der Waals surface area contributed by atoms with Gasteiger partial charge in [0.25, 0.3) is 0 Å². The number of carbonyl (C=O) groups is 2. The number of nitrogens with one attached hydrogen (secondary N) is 3. The van der Waals surface area contributed by atoms with E-state index < -0.39 is 0 Å². The van der Waals surface area contributed by atoms with Crippen LogP contribution in [0, 0.1) is 11.8 Å². The van der Waals surface area contributed by atoms with E-state index in [-0.39, 0.29) is 24.2 Å². The molecule has 1 aliphatic heterocycles. The van der Waals surface area contributed by atoms with E-state index >= 15 is 0 Å². The molecule has 1 aromatic carbocycles. The van der Waals surface area contributed by atoms with Crippen LogP contribution in [0.2, 0.25) is 0 Å². The SMILES string of the molecule is CC(C(=O)NCCC(=O)Nc1ccccc1)C1CNC1. The van der Waals surface area contributed by atoms with Gasteiger partial charge in [-0.2, -0.15) is 0 Å². The normalized spacial score (nSPS) is 16.1. The van der Waals surface area contributed by atoms with Crippen LogP contribution in [0.4, 0.5) is 5.69 Å². The number of rotatable bonds is 6. The Labute approximate surface area is 119 Å². The fourth-order valence-electron chi connectivity index (χ4n) is 2.08. The maximum Gasteiger partial charge on any atom is 0.226 e. The lowest BCUT2D eigenvalue weighted by Crippen LogP contribution is -2.49. The largest absolute Gasteiger partial charge is 0.355 e. The van der Waals surface area contributed by atoms with E-state index in [1.807, 2.05) is 37.3 Å². The Bertz CT molecular complexity index is 457. The van der Waals surface area contributed by atoms with Gasteiger partial charge in [-0.25, -0.2) is 0 Å². The van der Waals surface area contributed by atoms with Crippen molar-refractivity contribution >= 4 is 17.5 Å². The molecule has 0 bridgehead atoms. The van der Waals surface area contributed by atoms with Gasteiger partial charge >= 0.3 is 0 Å². The van der Waals surface area contributed by atoms with Crippen molar-refractivity contribution in [3.8, 4) is 0 Å². The van der Waals surface area contributed by atoms with E-state index in [1.54, 1.807) is 0 Å². The zero-order chi connectivity index (χ0) is 14.4. The van der Waals surface area contributed by atoms with Crippen LogP contribution in [0.1, 0.15) is 13.3 Å². The molecule has 1 atom stereocenters. The van der Waals surface area contributed by atoms with Gasteiger partial charge in [-0.15, -0.1) is 0 Å². The molecule has 0 aliphatic carbocycles. The molecule has 0 spiro atoms. The average Bonchev–Trinajstić information content (AvgIpc) is 2.37. The minimum absolute atomic E-state index is 0.00781. The smallest absolute Gasteiger partial charge is 0.226 e. The average molecular weight is 275 g/mol. The third kappa shape index (κ3) is 4.06. The van der Waals surface area contributed by atoms with Crippen LogP contribution < -0.4 is 16.0 Å². The molecular weight excluding hydrogens is 254 g/mol. The van der Waals surface area contributed by atoms with Gasteiger partial charge in [-0.05, 0) is 31.1 Å². The maximum atomic E-state index is 11.8. The molecule has 3 N–H and O–H groups in total. The predicted molar refractivity (Wildman–Crippen MR) is 78.2 cm³/mol. The van der Waals surface area contributed by atoms with E-state index in [4.69, 9.17) is 0 Å². The van der Waals surface area contributed by atoms with Gasteiger partial charge in [0.15, 0.2) is 0 Å². The number of carbonyl (C=O) groups excluding carboxylic acids is 2. The fraction of sp³-hybridized carbons (Fsp3) is 0.467. The van der Waals surface area contributed by atoms with Gasteiger partial charge in [-0.3, -0.25) is 9.59 Å². The van der Waals surface area contributed by atoms with Crippen LogP contribution in [-0.2, 0) is 9.59 Å². The molecular formula is C15H21N3O2. The number of benzene rings is 1. The van der Waals surface area contributed by atoms with Gasteiger partial charge in [0, 0.05) is 24.6 Å². The topological polar surface area (TPSA) is 70.2 Å². The molecule has 1 aliphatic rings. The molecule has 1 heterocycles. The van der Waals surface area contributed by atoms with Gasteiger partial charge in [0.2, 0.25) is 11.8 Å². The summed E-state index contributed by atoms with van der Waals surface area (Å²) in [5.74, 6) is 0.375. The molecule has 5 heteroatoms. The summed E-state index contributed by atoms with van der Waals surface area (Å²) < 4.78 is 0. The van der Waals surface area contributed by atoms with Crippen LogP contribution in [0.15, 0.2) is 30.3 Å². The Hall–Kier alpha value is -1.88. The number of anilines is 1. The Morgan fingerprint density at radius 2 is 2.00 bits per heavy atom. The van der Waals surface area contributed by atoms with Crippen LogP contribution >= 0.6 is 0 Å². The van der Waals surface area contributed by atoms with E-state index in [1.165, 1.54) is 0 Å². The van der Waals surface area contributed by atoms with Gasteiger partial charge in [-0.1, -0.05) is 25.1 Å². The summed E-state index contributed by atoms with van der Waals surface area (Å²) in [6.07, 6.45) is 0.288. The zero-order valence-corrected chi connectivity index (χ0v) is 11.7. The summed E-state index contributed by atoms with van der Waals surface area (Å²) >= 11 is 0. The molecule has 1 aromatic rings. The van der Waals surface area contributed by atoms with E-state index in [0.29, 0.717) is 12.5 Å². The van der Waals surface area contributed by atoms with Crippen molar-refractivity contribution in [3.05, 3.63) is 30.3 Å². The monoisotopic (exact) mass is 275 g/mol. The van der Waals surface area contributed by atoms with Crippen molar-refractivity contribution in [1.29, 1.82) is 0 Å². The summed E-state index contributed by atoms with van der Waals surface area (Å²) in [7, 11) is 0. The highest BCUT2D eigenvalue weighted by atomic mass is 16.2. The summed E-state index contributed by atoms with van der Waals surface area (Å²) in [6, 6.07) is 9.30. The Morgan fingerprint density at radius 3 is 2.60 bits per heavy atom. The quantitative estimate of drug-likeness (QED) is 0.725. The summed E-state index contributed by atoms with van der Waals surface area (Å²) in [6.45, 7) is 4.12. The van der Waals surface area contributed by atoms with E-state index in [0.717, 1.165) is 18.8 Å². The highest BCUT2D eigenvalue weighted by Crippen LogP contribution is 2.15. The van der Waals surface area contributed by atoms with Gasteiger partial charge in [0.1, 0.15) is 0 Å². The third-order valence-electron chi connectivity index (χ3n) is 3.64. The molecule has 2 amide bonds. The van der Waals surface area contributed by atoms with Gasteiger partial charge in [0.05, 0.1) is 0 Å². The Kier molecular flexibility index (Phi) is 5.12. The second-order valence-electron chi connectivity index (χ2n) is 5.16. The number of para-hydroxylation sites is 1. The summed E-state index contributed by atoms with van der Waals surface area (Å²) in [5, 5.41) is 8.76. The molecule has 2 rings (SSSR count). The molecule has 0 saturated carbocycles. The first kappa shape index (κ1) is 14.5. The number of hydrogen-bond donors (Lipinski definition) is 3. The first-order valence-electron chi connectivity index (χ1n) is 7.00. The van der Waals surface area contributed by atoms with Crippen molar-refractivity contribution in [3.63, 3.8) is 0 Å². The van der Waals surface area contributed by atoms with Crippen LogP contribution in [0.5, 0.6) is 0 Å². The minimum Gasteiger partial charge on any atom is -0.355 e. The lowest BCUT2D eigenvalue weighted by atomic mass is 9.88. The first-order chi connectivity index (χ1) is 9.66. The van der Waals surface area contributed by atoms with Crippen LogP contribution in [0.25, 0.3) is 0 Å². The van der Waals surface area contributed by atoms with E-state index in [9.17, 15) is 9.59 Å². The maximum absolute atomic E-state index is 11.8. The minimum atomic E-state index is -0.0885. The molecule has 1 fully saturated rings. The molecule has 1 unspecified atom stereocenters. The van der Waals surface area contributed by atoms with Crippen LogP contribution in [-0.4, -0.2) is 31.4 Å². The second kappa shape index (κ2) is 7.05. The Morgan fingerprint density at radius 1 is 1.30 bits per heavy atom. The molecule has 20 heavy (non-hydrogen) atoms. The highest BCUT2D eigenvalue weighted by Gasteiger charge is 2.28. The summed E-state index contributed by atoms with van der Waals surface area (Å²) in [4.78, 5) is 23.5. The number of hydrogen-bond acceptors (Lipinski definition) is 3. The molecule has 1 saturated heterocycles. The molecule has 5 nitrogen and oxygen atoms in total. The second-order valence-corrected chi connectivity index (χ2v) is 5.16. The van der Waals surface area contributed by atoms with Gasteiger partial charge < -0.3 is 16.0 Å². The van der Waals surface area contributed by atoms with Crippen molar-refractivity contribution in [2.24, 2.45) is 11.8 Å². The lowest BCUT2D eigenvalue weighted by Gasteiger charge is -2.31. The standard InChI is InChI=1S/C15H21N3O2/c1-11(12-9-16-10-12)15(20)17-8-7-14(19)18-13-5-3-2-4-6-13/h2-6,11-12,16H,7-10H2,1H3,(H,17,20)(H,18,19). The fourth-order valence-corrected chi connectivity index (χ4v) is 2.08. The summed E-state index contributed by atoms with van der Waals surface area (Å²) in [5.41, 5.74) is 0.776. The van der Waals surface area contributed by atoms with Crippen molar-refractivity contribution in [2.45, 2.75) is 13.3 Å². The molecule has 108 valence electrons. The highest BCUT2D eigenvalue weighted by molar-refractivity contribution is 5.91. The van der Waals surface area contributed by atoms with Crippen LogP contribution in [0.3, 0.4) is 0 Å². The lowest BCUT2D eigenvalue weighted by molar-refractivity contribution is -0.126. The van der Waals surface area contributed by atoms with Crippen molar-refractivity contribution in [1.82, 2.24) is 10.6 Å².